The summed E-state index contributed by atoms with van der Waals surface area (Å²) >= 11 is 0. The molecule has 0 atom stereocenters. The van der Waals surface area contributed by atoms with Gasteiger partial charge in [-0.2, -0.15) is 5.26 Å². The summed E-state index contributed by atoms with van der Waals surface area (Å²) in [6, 6.07) is 6.43. The number of benzene rings is 1. The number of hydrogen-bond donors (Lipinski definition) is 0. The first-order valence-electron chi connectivity index (χ1n) is 5.99. The molecule has 1 fully saturated rings. The molecule has 0 amide bonds. The summed E-state index contributed by atoms with van der Waals surface area (Å²) in [5.41, 5.74) is 0.747. The van der Waals surface area contributed by atoms with E-state index < -0.39 is 4.92 Å². The van der Waals surface area contributed by atoms with Crippen LogP contribution >= 0.6 is 0 Å². The van der Waals surface area contributed by atoms with Crippen molar-refractivity contribution in [1.82, 2.24) is 0 Å². The Bertz CT molecular complexity index is 549. The quantitative estimate of drug-likeness (QED) is 0.601. The summed E-state index contributed by atoms with van der Waals surface area (Å²) in [7, 11) is 0. The molecule has 0 bridgehead atoms. The summed E-state index contributed by atoms with van der Waals surface area (Å²) in [5.74, 6) is 0. The Balaban J connectivity index is 2.45. The van der Waals surface area contributed by atoms with Gasteiger partial charge in [0.1, 0.15) is 6.07 Å². The normalized spacial score (nSPS) is 17.8. The number of morpholine rings is 1. The van der Waals surface area contributed by atoms with E-state index in [0.717, 1.165) is 5.69 Å². The number of nitriles is 1. The van der Waals surface area contributed by atoms with Crippen LogP contribution in [0.15, 0.2) is 18.2 Å². The van der Waals surface area contributed by atoms with E-state index in [1.807, 2.05) is 19.9 Å². The molecule has 6 heteroatoms. The predicted octanol–water partition coefficient (Wildman–Crippen LogP) is 2.08. The number of anilines is 1. The first-order chi connectivity index (χ1) is 8.95. The lowest BCUT2D eigenvalue weighted by Crippen LogP contribution is -2.53. The molecule has 1 heterocycles. The van der Waals surface area contributed by atoms with E-state index in [1.165, 1.54) is 12.1 Å². The molecule has 19 heavy (non-hydrogen) atoms. The van der Waals surface area contributed by atoms with E-state index in [4.69, 9.17) is 4.74 Å². The van der Waals surface area contributed by atoms with Gasteiger partial charge >= 0.3 is 0 Å². The highest BCUT2D eigenvalue weighted by Crippen LogP contribution is 2.31. The van der Waals surface area contributed by atoms with Gasteiger partial charge < -0.3 is 9.64 Å². The van der Waals surface area contributed by atoms with E-state index in [2.05, 4.69) is 4.90 Å². The van der Waals surface area contributed by atoms with Crippen molar-refractivity contribution >= 4 is 11.4 Å². The minimum Gasteiger partial charge on any atom is -0.377 e. The van der Waals surface area contributed by atoms with Crippen molar-refractivity contribution in [2.75, 3.05) is 24.7 Å². The first kappa shape index (κ1) is 13.3. The van der Waals surface area contributed by atoms with Gasteiger partial charge in [0.25, 0.3) is 5.69 Å². The fourth-order valence-electron chi connectivity index (χ4n) is 2.27. The molecular weight excluding hydrogens is 246 g/mol. The molecule has 100 valence electrons. The second-order valence-corrected chi connectivity index (χ2v) is 5.09. The fourth-order valence-corrected chi connectivity index (χ4v) is 2.27. The average Bonchev–Trinajstić information content (AvgIpc) is 2.37. The second kappa shape index (κ2) is 4.86. The molecule has 0 saturated carbocycles. The van der Waals surface area contributed by atoms with Gasteiger partial charge in [0, 0.05) is 18.7 Å². The van der Waals surface area contributed by atoms with Crippen molar-refractivity contribution in [1.29, 1.82) is 5.26 Å². The minimum absolute atomic E-state index is 0.0636. The standard InChI is InChI=1S/C13H15N3O3/c1-13(2)9-19-6-5-15(13)12-4-3-11(16(17)18)7-10(12)8-14/h3-4,7H,5-6,9H2,1-2H3. The molecule has 0 radical (unpaired) electrons. The smallest absolute Gasteiger partial charge is 0.270 e. The van der Waals surface area contributed by atoms with Gasteiger partial charge in [-0.05, 0) is 19.9 Å². The molecule has 0 aliphatic carbocycles. The molecule has 1 aromatic carbocycles. The molecule has 1 aliphatic heterocycles. The summed E-state index contributed by atoms with van der Waals surface area (Å²) < 4.78 is 5.44. The van der Waals surface area contributed by atoms with E-state index in [-0.39, 0.29) is 11.2 Å². The van der Waals surface area contributed by atoms with Crippen molar-refractivity contribution in [2.24, 2.45) is 0 Å². The van der Waals surface area contributed by atoms with Gasteiger partial charge in [-0.25, -0.2) is 0 Å². The molecule has 1 aliphatic rings. The van der Waals surface area contributed by atoms with Crippen molar-refractivity contribution in [2.45, 2.75) is 19.4 Å². The minimum atomic E-state index is -0.491. The maximum absolute atomic E-state index is 10.7. The summed E-state index contributed by atoms with van der Waals surface area (Å²) in [6.07, 6.45) is 0. The summed E-state index contributed by atoms with van der Waals surface area (Å²) in [5, 5.41) is 19.9. The van der Waals surface area contributed by atoms with E-state index in [0.29, 0.717) is 25.3 Å². The third-order valence-corrected chi connectivity index (χ3v) is 3.25. The molecule has 2 rings (SSSR count). The zero-order valence-electron chi connectivity index (χ0n) is 10.9. The molecule has 1 saturated heterocycles. The number of ether oxygens (including phenoxy) is 1. The lowest BCUT2D eigenvalue weighted by Gasteiger charge is -2.44. The summed E-state index contributed by atoms with van der Waals surface area (Å²) in [6.45, 7) is 5.86. The largest absolute Gasteiger partial charge is 0.377 e. The van der Waals surface area contributed by atoms with Gasteiger partial charge in [0.05, 0.1) is 34.9 Å². The van der Waals surface area contributed by atoms with Crippen molar-refractivity contribution < 1.29 is 9.66 Å². The monoisotopic (exact) mass is 261 g/mol. The predicted molar refractivity (Wildman–Crippen MR) is 70.1 cm³/mol. The van der Waals surface area contributed by atoms with Crippen LogP contribution in [-0.2, 0) is 4.74 Å². The van der Waals surface area contributed by atoms with Crippen molar-refractivity contribution in [3.8, 4) is 6.07 Å². The third-order valence-electron chi connectivity index (χ3n) is 3.25. The highest BCUT2D eigenvalue weighted by molar-refractivity contribution is 5.64. The Morgan fingerprint density at radius 3 is 2.84 bits per heavy atom. The number of nitro groups is 1. The zero-order valence-corrected chi connectivity index (χ0v) is 10.9. The second-order valence-electron chi connectivity index (χ2n) is 5.09. The molecule has 0 unspecified atom stereocenters. The Kier molecular flexibility index (Phi) is 3.40. The van der Waals surface area contributed by atoms with Crippen molar-refractivity contribution in [3.05, 3.63) is 33.9 Å². The van der Waals surface area contributed by atoms with Gasteiger partial charge in [0.2, 0.25) is 0 Å². The highest BCUT2D eigenvalue weighted by atomic mass is 16.6. The van der Waals surface area contributed by atoms with Crippen LogP contribution in [0.4, 0.5) is 11.4 Å². The van der Waals surface area contributed by atoms with Crippen LogP contribution in [0.25, 0.3) is 0 Å². The van der Waals surface area contributed by atoms with E-state index in [1.54, 1.807) is 6.07 Å². The van der Waals surface area contributed by atoms with Crippen LogP contribution in [0.1, 0.15) is 19.4 Å². The Hall–Kier alpha value is -2.13. The first-order valence-corrected chi connectivity index (χ1v) is 5.99. The van der Waals surface area contributed by atoms with Crippen LogP contribution in [0, 0.1) is 21.4 Å². The highest BCUT2D eigenvalue weighted by Gasteiger charge is 2.32. The van der Waals surface area contributed by atoms with Gasteiger partial charge in [-0.1, -0.05) is 0 Å². The third kappa shape index (κ3) is 2.51. The number of rotatable bonds is 2. The number of nitro benzene ring substituents is 1. The maximum atomic E-state index is 10.7. The van der Waals surface area contributed by atoms with Gasteiger partial charge in [-0.3, -0.25) is 10.1 Å². The molecule has 0 spiro atoms. The number of nitrogens with zero attached hydrogens (tertiary/aromatic N) is 3. The van der Waals surface area contributed by atoms with Crippen LogP contribution in [-0.4, -0.2) is 30.2 Å². The van der Waals surface area contributed by atoms with Crippen LogP contribution in [0.5, 0.6) is 0 Å². The maximum Gasteiger partial charge on any atom is 0.270 e. The van der Waals surface area contributed by atoms with Gasteiger partial charge in [-0.15, -0.1) is 0 Å². The molecule has 0 aromatic heterocycles. The molecular formula is C13H15N3O3. The number of hydrogen-bond acceptors (Lipinski definition) is 5. The van der Waals surface area contributed by atoms with Crippen LogP contribution in [0.2, 0.25) is 0 Å². The lowest BCUT2D eigenvalue weighted by atomic mass is 9.99. The average molecular weight is 261 g/mol. The van der Waals surface area contributed by atoms with Crippen molar-refractivity contribution in [3.63, 3.8) is 0 Å². The molecule has 1 aromatic rings. The topological polar surface area (TPSA) is 79.4 Å². The van der Waals surface area contributed by atoms with Crippen LogP contribution < -0.4 is 4.90 Å². The molecule has 6 nitrogen and oxygen atoms in total. The zero-order chi connectivity index (χ0) is 14.0. The van der Waals surface area contributed by atoms with E-state index >= 15 is 0 Å². The van der Waals surface area contributed by atoms with Gasteiger partial charge in [0.15, 0.2) is 0 Å². The Labute approximate surface area is 111 Å². The summed E-state index contributed by atoms with van der Waals surface area (Å²) in [4.78, 5) is 12.3. The van der Waals surface area contributed by atoms with E-state index in [9.17, 15) is 15.4 Å². The Morgan fingerprint density at radius 1 is 1.53 bits per heavy atom. The lowest BCUT2D eigenvalue weighted by molar-refractivity contribution is -0.384. The SMILES string of the molecule is CC1(C)COCCN1c1ccc([N+](=O)[O-])cc1C#N. The van der Waals surface area contributed by atoms with Crippen LogP contribution in [0.3, 0.4) is 0 Å². The molecule has 0 N–H and O–H groups in total. The Morgan fingerprint density at radius 2 is 2.26 bits per heavy atom. The number of non-ortho nitro benzene ring substituents is 1. The fraction of sp³-hybridized carbons (Fsp3) is 0.462.